The van der Waals surface area contributed by atoms with Crippen LogP contribution in [0.1, 0.15) is 10.5 Å². The number of carbonyl (C=O) groups excluding carboxylic acids is 1. The molecule has 0 radical (unpaired) electrons. The molecule has 0 unspecified atom stereocenters. The number of aromatic nitrogens is 1. The Hall–Kier alpha value is -2.63. The molecule has 0 aliphatic rings. The van der Waals surface area contributed by atoms with Crippen LogP contribution in [0.5, 0.6) is 0 Å². The fourth-order valence-electron chi connectivity index (χ4n) is 1.90. The molecule has 0 saturated heterocycles. The molecule has 0 fully saturated rings. The van der Waals surface area contributed by atoms with E-state index in [1.807, 2.05) is 12.1 Å². The zero-order valence-electron chi connectivity index (χ0n) is 10.3. The Labute approximate surface area is 109 Å². The summed E-state index contributed by atoms with van der Waals surface area (Å²) < 4.78 is 0. The Balaban J connectivity index is 2.62. The van der Waals surface area contributed by atoms with Crippen LogP contribution in [0.25, 0.3) is 10.9 Å². The van der Waals surface area contributed by atoms with E-state index < -0.39 is 11.9 Å². The van der Waals surface area contributed by atoms with Gasteiger partial charge < -0.3 is 15.7 Å². The number of carbonyl (C=O) groups is 2. The van der Waals surface area contributed by atoms with Gasteiger partial charge >= 0.3 is 5.97 Å². The first-order valence-corrected chi connectivity index (χ1v) is 5.61. The molecule has 0 spiro atoms. The molecule has 6 heteroatoms. The summed E-state index contributed by atoms with van der Waals surface area (Å²) in [6.45, 7) is 0.00701. The lowest BCUT2D eigenvalue weighted by Crippen LogP contribution is -2.30. The quantitative estimate of drug-likeness (QED) is 0.848. The largest absolute Gasteiger partial charge is 0.477 e. The number of aromatic carboxylic acids is 1. The van der Waals surface area contributed by atoms with Crippen molar-refractivity contribution < 1.29 is 14.7 Å². The van der Waals surface area contributed by atoms with Gasteiger partial charge in [0.1, 0.15) is 0 Å². The maximum Gasteiger partial charge on any atom is 0.354 e. The second-order valence-electron chi connectivity index (χ2n) is 4.17. The molecule has 19 heavy (non-hydrogen) atoms. The van der Waals surface area contributed by atoms with E-state index in [4.69, 9.17) is 10.8 Å². The fourth-order valence-corrected chi connectivity index (χ4v) is 1.90. The first-order chi connectivity index (χ1) is 8.99. The summed E-state index contributed by atoms with van der Waals surface area (Å²) >= 11 is 0. The van der Waals surface area contributed by atoms with Gasteiger partial charge in [-0.15, -0.1) is 0 Å². The van der Waals surface area contributed by atoms with Crippen molar-refractivity contribution in [3.63, 3.8) is 0 Å². The predicted molar refractivity (Wildman–Crippen MR) is 71.2 cm³/mol. The number of anilines is 1. The predicted octanol–water partition coefficient (Wildman–Crippen LogP) is 0.854. The lowest BCUT2D eigenvalue weighted by atomic mass is 10.1. The van der Waals surface area contributed by atoms with E-state index >= 15 is 0 Å². The van der Waals surface area contributed by atoms with Crippen LogP contribution in [-0.4, -0.2) is 35.6 Å². The molecule has 98 valence electrons. The molecule has 2 aromatic rings. The Morgan fingerprint density at radius 2 is 2.05 bits per heavy atom. The number of rotatable bonds is 4. The molecular weight excluding hydrogens is 246 g/mol. The Morgan fingerprint density at radius 3 is 2.68 bits per heavy atom. The lowest BCUT2D eigenvalue weighted by Gasteiger charge is -2.19. The number of primary amides is 1. The van der Waals surface area contributed by atoms with Gasteiger partial charge in [-0.3, -0.25) is 4.79 Å². The molecule has 3 N–H and O–H groups in total. The monoisotopic (exact) mass is 259 g/mol. The van der Waals surface area contributed by atoms with Crippen LogP contribution in [0.3, 0.4) is 0 Å². The van der Waals surface area contributed by atoms with Gasteiger partial charge in [0.05, 0.1) is 12.1 Å². The highest BCUT2D eigenvalue weighted by Crippen LogP contribution is 2.25. The number of benzene rings is 1. The molecule has 1 heterocycles. The SMILES string of the molecule is CN(CC(N)=O)c1cc(C(=O)O)nc2ccccc12. The number of hydrogen-bond acceptors (Lipinski definition) is 4. The average Bonchev–Trinajstić information content (AvgIpc) is 2.36. The summed E-state index contributed by atoms with van der Waals surface area (Å²) in [6, 6.07) is 8.59. The number of carboxylic acid groups (broad SMARTS) is 1. The van der Waals surface area contributed by atoms with Crippen molar-refractivity contribution in [1.29, 1.82) is 0 Å². The number of carboxylic acids is 1. The standard InChI is InChI=1S/C13H13N3O3/c1-16(7-12(14)17)11-6-10(13(18)19)15-9-5-3-2-4-8(9)11/h2-6H,7H2,1H3,(H2,14,17)(H,18,19). The molecule has 6 nitrogen and oxygen atoms in total. The van der Waals surface area contributed by atoms with E-state index in [1.165, 1.54) is 6.07 Å². The summed E-state index contributed by atoms with van der Waals surface area (Å²) in [5.41, 5.74) is 6.27. The number of nitrogens with two attached hydrogens (primary N) is 1. The van der Waals surface area contributed by atoms with Gasteiger partial charge in [-0.05, 0) is 12.1 Å². The minimum atomic E-state index is -1.11. The maximum atomic E-state index is 11.1. The molecule has 0 aliphatic heterocycles. The zero-order chi connectivity index (χ0) is 14.0. The van der Waals surface area contributed by atoms with Gasteiger partial charge in [0.25, 0.3) is 0 Å². The summed E-state index contributed by atoms with van der Waals surface area (Å²) in [6.07, 6.45) is 0. The molecular formula is C13H13N3O3. The number of fused-ring (bicyclic) bond motifs is 1. The molecule has 0 saturated carbocycles. The molecule has 0 atom stereocenters. The highest BCUT2D eigenvalue weighted by atomic mass is 16.4. The van der Waals surface area contributed by atoms with E-state index in [-0.39, 0.29) is 12.2 Å². The van der Waals surface area contributed by atoms with Gasteiger partial charge in [0.15, 0.2) is 5.69 Å². The Bertz CT molecular complexity index is 655. The van der Waals surface area contributed by atoms with Gasteiger partial charge in [-0.25, -0.2) is 9.78 Å². The molecule has 1 aromatic carbocycles. The van der Waals surface area contributed by atoms with Gasteiger partial charge in [-0.2, -0.15) is 0 Å². The summed E-state index contributed by atoms with van der Waals surface area (Å²) in [7, 11) is 1.68. The number of hydrogen-bond donors (Lipinski definition) is 2. The third-order valence-corrected chi connectivity index (χ3v) is 2.72. The number of nitrogens with zero attached hydrogens (tertiary/aromatic N) is 2. The van der Waals surface area contributed by atoms with E-state index in [0.717, 1.165) is 5.39 Å². The molecule has 2 rings (SSSR count). The zero-order valence-corrected chi connectivity index (χ0v) is 10.3. The van der Waals surface area contributed by atoms with Crippen LogP contribution in [-0.2, 0) is 4.79 Å². The summed E-state index contributed by atoms with van der Waals surface area (Å²) in [5, 5.41) is 9.83. The van der Waals surface area contributed by atoms with Gasteiger partial charge in [0.2, 0.25) is 5.91 Å². The van der Waals surface area contributed by atoms with Crippen molar-refractivity contribution in [2.45, 2.75) is 0 Å². The lowest BCUT2D eigenvalue weighted by molar-refractivity contribution is -0.116. The van der Waals surface area contributed by atoms with Crippen molar-refractivity contribution in [2.24, 2.45) is 5.73 Å². The van der Waals surface area contributed by atoms with E-state index in [0.29, 0.717) is 11.2 Å². The van der Waals surface area contributed by atoms with Crippen LogP contribution in [0.2, 0.25) is 0 Å². The van der Waals surface area contributed by atoms with E-state index in [2.05, 4.69) is 4.98 Å². The van der Waals surface area contributed by atoms with Crippen molar-refractivity contribution in [1.82, 2.24) is 4.98 Å². The topological polar surface area (TPSA) is 96.5 Å². The normalized spacial score (nSPS) is 10.4. The Kier molecular flexibility index (Phi) is 3.33. The van der Waals surface area contributed by atoms with E-state index in [9.17, 15) is 9.59 Å². The van der Waals surface area contributed by atoms with Crippen LogP contribution >= 0.6 is 0 Å². The second kappa shape index (κ2) is 4.93. The number of para-hydroxylation sites is 1. The minimum Gasteiger partial charge on any atom is -0.477 e. The number of likely N-dealkylation sites (N-methyl/N-ethyl adjacent to an activating group) is 1. The molecule has 0 aliphatic carbocycles. The highest BCUT2D eigenvalue weighted by molar-refractivity contribution is 5.98. The third kappa shape index (κ3) is 2.62. The van der Waals surface area contributed by atoms with Gasteiger partial charge in [-0.1, -0.05) is 18.2 Å². The summed E-state index contributed by atoms with van der Waals surface area (Å²) in [4.78, 5) is 27.7. The summed E-state index contributed by atoms with van der Waals surface area (Å²) in [5.74, 6) is -1.60. The molecule has 1 amide bonds. The Morgan fingerprint density at radius 1 is 1.37 bits per heavy atom. The minimum absolute atomic E-state index is 0.00701. The van der Waals surface area contributed by atoms with Crippen LogP contribution < -0.4 is 10.6 Å². The first-order valence-electron chi connectivity index (χ1n) is 5.61. The van der Waals surface area contributed by atoms with Gasteiger partial charge in [0, 0.05) is 18.1 Å². The van der Waals surface area contributed by atoms with E-state index in [1.54, 1.807) is 24.1 Å². The van der Waals surface area contributed by atoms with Crippen LogP contribution in [0.15, 0.2) is 30.3 Å². The van der Waals surface area contributed by atoms with Crippen LogP contribution in [0, 0.1) is 0 Å². The van der Waals surface area contributed by atoms with Crippen molar-refractivity contribution in [2.75, 3.05) is 18.5 Å². The third-order valence-electron chi connectivity index (χ3n) is 2.72. The van der Waals surface area contributed by atoms with Crippen LogP contribution in [0.4, 0.5) is 5.69 Å². The smallest absolute Gasteiger partial charge is 0.354 e. The molecule has 1 aromatic heterocycles. The van der Waals surface area contributed by atoms with Crippen molar-refractivity contribution in [3.05, 3.63) is 36.0 Å². The molecule has 0 bridgehead atoms. The highest BCUT2D eigenvalue weighted by Gasteiger charge is 2.14. The second-order valence-corrected chi connectivity index (χ2v) is 4.17. The maximum absolute atomic E-state index is 11.1. The number of pyridine rings is 1. The number of amides is 1. The fraction of sp³-hybridized carbons (Fsp3) is 0.154. The van der Waals surface area contributed by atoms with Crippen molar-refractivity contribution >= 4 is 28.5 Å². The van der Waals surface area contributed by atoms with Crippen molar-refractivity contribution in [3.8, 4) is 0 Å². The average molecular weight is 259 g/mol. The first kappa shape index (κ1) is 12.8.